The Bertz CT molecular complexity index is 200. The highest BCUT2D eigenvalue weighted by atomic mass is 16.6. The van der Waals surface area contributed by atoms with Crippen LogP contribution < -0.4 is 5.32 Å². The fourth-order valence-electron chi connectivity index (χ4n) is 1.99. The summed E-state index contributed by atoms with van der Waals surface area (Å²) in [7, 11) is 0. The molecular formula is C9H16N2O2. The van der Waals surface area contributed by atoms with Crippen LogP contribution in [0.4, 0.5) is 4.79 Å². The molecule has 2 unspecified atom stereocenters. The molecule has 0 aromatic heterocycles. The Morgan fingerprint density at radius 2 is 2.38 bits per heavy atom. The monoisotopic (exact) mass is 184 g/mol. The van der Waals surface area contributed by atoms with Crippen molar-refractivity contribution in [2.45, 2.75) is 31.8 Å². The van der Waals surface area contributed by atoms with Crippen molar-refractivity contribution in [2.24, 2.45) is 0 Å². The smallest absolute Gasteiger partial charge is 0.410 e. The van der Waals surface area contributed by atoms with E-state index in [1.807, 2.05) is 4.90 Å². The van der Waals surface area contributed by atoms with E-state index >= 15 is 0 Å². The lowest BCUT2D eigenvalue weighted by Crippen LogP contribution is -2.49. The molecule has 2 aliphatic heterocycles. The van der Waals surface area contributed by atoms with Gasteiger partial charge in [-0.1, -0.05) is 0 Å². The zero-order valence-corrected chi connectivity index (χ0v) is 7.95. The minimum absolute atomic E-state index is 0.138. The molecule has 0 spiro atoms. The molecule has 2 saturated heterocycles. The van der Waals surface area contributed by atoms with E-state index in [1.165, 1.54) is 0 Å². The molecule has 2 aliphatic rings. The van der Waals surface area contributed by atoms with E-state index in [0.717, 1.165) is 25.9 Å². The van der Waals surface area contributed by atoms with E-state index in [4.69, 9.17) is 4.74 Å². The van der Waals surface area contributed by atoms with Crippen molar-refractivity contribution in [1.82, 2.24) is 10.2 Å². The molecule has 0 radical (unpaired) electrons. The van der Waals surface area contributed by atoms with Gasteiger partial charge in [0.25, 0.3) is 0 Å². The van der Waals surface area contributed by atoms with Crippen LogP contribution in [0.5, 0.6) is 0 Å². The normalized spacial score (nSPS) is 34.8. The van der Waals surface area contributed by atoms with Crippen molar-refractivity contribution >= 4 is 6.09 Å². The maximum Gasteiger partial charge on any atom is 0.410 e. The van der Waals surface area contributed by atoms with Gasteiger partial charge in [0.15, 0.2) is 0 Å². The first kappa shape index (κ1) is 8.81. The summed E-state index contributed by atoms with van der Waals surface area (Å²) < 4.78 is 4.90. The predicted molar refractivity (Wildman–Crippen MR) is 48.5 cm³/mol. The molecule has 0 aromatic carbocycles. The molecule has 4 nitrogen and oxygen atoms in total. The van der Waals surface area contributed by atoms with E-state index in [9.17, 15) is 4.79 Å². The molecule has 0 bridgehead atoms. The van der Waals surface area contributed by atoms with Crippen LogP contribution in [0, 0.1) is 0 Å². The van der Waals surface area contributed by atoms with Gasteiger partial charge in [-0.05, 0) is 19.8 Å². The first-order valence-corrected chi connectivity index (χ1v) is 4.94. The van der Waals surface area contributed by atoms with E-state index in [2.05, 4.69) is 12.2 Å². The first-order chi connectivity index (χ1) is 6.27. The number of hydrogen-bond donors (Lipinski definition) is 1. The van der Waals surface area contributed by atoms with E-state index in [1.54, 1.807) is 0 Å². The van der Waals surface area contributed by atoms with Gasteiger partial charge in [0.2, 0.25) is 0 Å². The number of ether oxygens (including phenoxy) is 1. The summed E-state index contributed by atoms with van der Waals surface area (Å²) in [5, 5.41) is 3.38. The Hall–Kier alpha value is -0.770. The largest absolute Gasteiger partial charge is 0.448 e. The van der Waals surface area contributed by atoms with Crippen molar-refractivity contribution in [3.8, 4) is 0 Å². The lowest BCUT2D eigenvalue weighted by Gasteiger charge is -2.32. The third kappa shape index (κ3) is 1.77. The molecule has 1 amide bonds. The number of amides is 1. The maximum atomic E-state index is 11.2. The third-order valence-electron chi connectivity index (χ3n) is 2.87. The second kappa shape index (κ2) is 3.54. The fraction of sp³-hybridized carbons (Fsp3) is 0.889. The van der Waals surface area contributed by atoms with Gasteiger partial charge >= 0.3 is 6.09 Å². The summed E-state index contributed by atoms with van der Waals surface area (Å²) in [5.74, 6) is 0. The minimum Gasteiger partial charge on any atom is -0.448 e. The number of hydrogen-bond acceptors (Lipinski definition) is 3. The summed E-state index contributed by atoms with van der Waals surface area (Å²) in [6.45, 7) is 4.42. The number of nitrogens with one attached hydrogen (secondary N) is 1. The number of piperidine rings is 1. The molecule has 2 atom stereocenters. The zero-order valence-electron chi connectivity index (χ0n) is 7.95. The number of rotatable bonds is 1. The van der Waals surface area contributed by atoms with Crippen LogP contribution in [0.25, 0.3) is 0 Å². The molecule has 1 N–H and O–H groups in total. The van der Waals surface area contributed by atoms with Gasteiger partial charge in [-0.25, -0.2) is 4.79 Å². The van der Waals surface area contributed by atoms with Crippen LogP contribution >= 0.6 is 0 Å². The lowest BCUT2D eigenvalue weighted by molar-refractivity contribution is 0.138. The number of carbonyl (C=O) groups is 1. The van der Waals surface area contributed by atoms with Crippen LogP contribution in [0.2, 0.25) is 0 Å². The lowest BCUT2D eigenvalue weighted by atomic mass is 10.0. The Balaban J connectivity index is 1.90. The first-order valence-electron chi connectivity index (χ1n) is 4.94. The highest BCUT2D eigenvalue weighted by Crippen LogP contribution is 2.17. The van der Waals surface area contributed by atoms with E-state index in [-0.39, 0.29) is 6.09 Å². The van der Waals surface area contributed by atoms with Gasteiger partial charge in [0, 0.05) is 18.6 Å². The van der Waals surface area contributed by atoms with Gasteiger partial charge in [0.1, 0.15) is 6.61 Å². The van der Waals surface area contributed by atoms with E-state index in [0.29, 0.717) is 18.7 Å². The van der Waals surface area contributed by atoms with Crippen molar-refractivity contribution in [3.05, 3.63) is 0 Å². The molecule has 13 heavy (non-hydrogen) atoms. The van der Waals surface area contributed by atoms with E-state index < -0.39 is 0 Å². The van der Waals surface area contributed by atoms with Crippen molar-refractivity contribution in [3.63, 3.8) is 0 Å². The molecule has 74 valence electrons. The Morgan fingerprint density at radius 3 is 2.92 bits per heavy atom. The second-order valence-corrected chi connectivity index (χ2v) is 3.85. The Labute approximate surface area is 78.2 Å². The molecule has 4 heteroatoms. The van der Waals surface area contributed by atoms with Gasteiger partial charge in [-0.3, -0.25) is 0 Å². The third-order valence-corrected chi connectivity index (χ3v) is 2.87. The molecule has 2 heterocycles. The summed E-state index contributed by atoms with van der Waals surface area (Å²) in [6.07, 6.45) is 2.11. The number of nitrogens with zero attached hydrogens (tertiary/aromatic N) is 1. The van der Waals surface area contributed by atoms with Gasteiger partial charge in [-0.15, -0.1) is 0 Å². The van der Waals surface area contributed by atoms with Crippen LogP contribution in [0.1, 0.15) is 19.8 Å². The molecular weight excluding hydrogens is 168 g/mol. The summed E-state index contributed by atoms with van der Waals surface area (Å²) in [5.41, 5.74) is 0. The molecule has 2 fully saturated rings. The molecule has 0 aromatic rings. The standard InChI is InChI=1S/C9H16N2O2/c1-7-2-3-8(6-10-7)11-4-5-13-9(11)12/h7-8,10H,2-6H2,1H3. The van der Waals surface area contributed by atoms with Crippen molar-refractivity contribution in [2.75, 3.05) is 19.7 Å². The van der Waals surface area contributed by atoms with Gasteiger partial charge in [0.05, 0.1) is 6.54 Å². The summed E-state index contributed by atoms with van der Waals surface area (Å²) >= 11 is 0. The number of carbonyl (C=O) groups excluding carboxylic acids is 1. The van der Waals surface area contributed by atoms with Crippen molar-refractivity contribution < 1.29 is 9.53 Å². The minimum atomic E-state index is -0.138. The quantitative estimate of drug-likeness (QED) is 0.648. The highest BCUT2D eigenvalue weighted by Gasteiger charge is 2.31. The van der Waals surface area contributed by atoms with Gasteiger partial charge in [-0.2, -0.15) is 0 Å². The summed E-state index contributed by atoms with van der Waals surface area (Å²) in [6, 6.07) is 0.945. The topological polar surface area (TPSA) is 41.6 Å². The average Bonchev–Trinajstić information content (AvgIpc) is 2.53. The number of cyclic esters (lactones) is 1. The second-order valence-electron chi connectivity index (χ2n) is 3.85. The van der Waals surface area contributed by atoms with Crippen LogP contribution in [0.3, 0.4) is 0 Å². The fourth-order valence-corrected chi connectivity index (χ4v) is 1.99. The predicted octanol–water partition coefficient (Wildman–Crippen LogP) is 0.579. The van der Waals surface area contributed by atoms with Crippen molar-refractivity contribution in [1.29, 1.82) is 0 Å². The summed E-state index contributed by atoms with van der Waals surface area (Å²) in [4.78, 5) is 13.1. The van der Waals surface area contributed by atoms with Crippen LogP contribution in [-0.4, -0.2) is 42.8 Å². The van der Waals surface area contributed by atoms with Crippen LogP contribution in [0.15, 0.2) is 0 Å². The maximum absolute atomic E-state index is 11.2. The molecule has 0 saturated carbocycles. The zero-order chi connectivity index (χ0) is 9.26. The average molecular weight is 184 g/mol. The van der Waals surface area contributed by atoms with Crippen LogP contribution in [-0.2, 0) is 4.74 Å². The molecule has 0 aliphatic carbocycles. The Morgan fingerprint density at radius 1 is 1.54 bits per heavy atom. The SMILES string of the molecule is CC1CCC(N2CCOC2=O)CN1. The van der Waals surface area contributed by atoms with Gasteiger partial charge < -0.3 is 15.0 Å². The Kier molecular flexibility index (Phi) is 2.40. The molecule has 2 rings (SSSR count). The highest BCUT2D eigenvalue weighted by molar-refractivity contribution is 5.69.